The molecular formula is C32H34N4O2. The second kappa shape index (κ2) is 10.5. The first-order chi connectivity index (χ1) is 18.6. The van der Waals surface area contributed by atoms with Crippen molar-refractivity contribution in [2.45, 2.75) is 56.7 Å². The summed E-state index contributed by atoms with van der Waals surface area (Å²) in [5.41, 5.74) is 3.32. The molecule has 0 bridgehead atoms. The molecule has 1 unspecified atom stereocenters. The van der Waals surface area contributed by atoms with Crippen LogP contribution >= 0.6 is 0 Å². The summed E-state index contributed by atoms with van der Waals surface area (Å²) in [6, 6.07) is 17.4. The number of benzene rings is 2. The number of hydrogen-bond donors (Lipinski definition) is 2. The highest BCUT2D eigenvalue weighted by molar-refractivity contribution is 5.95. The normalized spacial score (nSPS) is 29.5. The molecular weight excluding hydrogens is 472 g/mol. The summed E-state index contributed by atoms with van der Waals surface area (Å²) >= 11 is 0. The second-order valence-corrected chi connectivity index (χ2v) is 11.1. The predicted octanol–water partition coefficient (Wildman–Crippen LogP) is 5.36. The van der Waals surface area contributed by atoms with Gasteiger partial charge in [0.2, 0.25) is 5.91 Å². The zero-order valence-electron chi connectivity index (χ0n) is 21.6. The van der Waals surface area contributed by atoms with Gasteiger partial charge in [0.05, 0.1) is 23.6 Å². The van der Waals surface area contributed by atoms with Crippen molar-refractivity contribution in [3.8, 4) is 6.07 Å². The van der Waals surface area contributed by atoms with Crippen LogP contribution in [0.15, 0.2) is 72.8 Å². The van der Waals surface area contributed by atoms with Gasteiger partial charge in [-0.3, -0.25) is 9.59 Å². The maximum absolute atomic E-state index is 14.3. The number of fused-ring (bicyclic) bond motifs is 3. The minimum atomic E-state index is -0.220. The Labute approximate surface area is 224 Å². The minimum absolute atomic E-state index is 0.0248. The van der Waals surface area contributed by atoms with Crippen LogP contribution in [-0.4, -0.2) is 35.3 Å². The number of rotatable bonds is 4. The van der Waals surface area contributed by atoms with E-state index in [1.54, 1.807) is 0 Å². The highest BCUT2D eigenvalue weighted by Gasteiger charge is 2.49. The molecule has 0 aromatic heterocycles. The zero-order valence-corrected chi connectivity index (χ0v) is 21.6. The Balaban J connectivity index is 1.29. The fourth-order valence-electron chi connectivity index (χ4n) is 7.08. The maximum Gasteiger partial charge on any atom is 0.251 e. The molecule has 2 N–H and O–H groups in total. The van der Waals surface area contributed by atoms with Crippen LogP contribution in [0.25, 0.3) is 0 Å². The number of allylic oxidation sites excluding steroid dienone is 3. The molecule has 2 heterocycles. The Bertz CT molecular complexity index is 1310. The molecule has 2 amide bonds. The van der Waals surface area contributed by atoms with Gasteiger partial charge in [0, 0.05) is 41.7 Å². The Morgan fingerprint density at radius 3 is 2.66 bits per heavy atom. The summed E-state index contributed by atoms with van der Waals surface area (Å²) in [7, 11) is 0. The third kappa shape index (κ3) is 4.51. The quantitative estimate of drug-likeness (QED) is 0.584. The van der Waals surface area contributed by atoms with E-state index in [1.807, 2.05) is 48.5 Å². The van der Waals surface area contributed by atoms with Crippen LogP contribution in [0.1, 0.15) is 66.1 Å². The Kier molecular flexibility index (Phi) is 6.76. The number of carbonyl (C=O) groups is 2. The number of nitrogens with one attached hydrogen (secondary N) is 2. The van der Waals surface area contributed by atoms with Crippen molar-refractivity contribution in [1.29, 1.82) is 5.26 Å². The molecule has 6 heteroatoms. The van der Waals surface area contributed by atoms with Gasteiger partial charge in [-0.25, -0.2) is 0 Å². The van der Waals surface area contributed by atoms with E-state index in [4.69, 9.17) is 0 Å². The van der Waals surface area contributed by atoms with E-state index in [0.717, 1.165) is 49.8 Å². The molecule has 0 spiro atoms. The van der Waals surface area contributed by atoms with Gasteiger partial charge in [0.15, 0.2) is 0 Å². The molecule has 6 atom stereocenters. The molecule has 2 aromatic carbocycles. The van der Waals surface area contributed by atoms with Crippen molar-refractivity contribution < 1.29 is 9.59 Å². The summed E-state index contributed by atoms with van der Waals surface area (Å²) in [4.78, 5) is 29.4. The largest absolute Gasteiger partial charge is 0.381 e. The van der Waals surface area contributed by atoms with Crippen LogP contribution in [0.2, 0.25) is 0 Å². The second-order valence-electron chi connectivity index (χ2n) is 11.1. The molecule has 194 valence electrons. The van der Waals surface area contributed by atoms with Crippen LogP contribution in [0.4, 0.5) is 5.69 Å². The first-order valence-corrected chi connectivity index (χ1v) is 13.9. The summed E-state index contributed by atoms with van der Waals surface area (Å²) in [6.45, 7) is 0.716. The lowest BCUT2D eigenvalue weighted by Gasteiger charge is -2.44. The standard InChI is InChI=1S/C32H34N4O2/c33-20-21-15-16-24-28(19-21)34-29(22-9-3-1-4-10-22)26-17-18-36(30(24)26)32(38)25-13-7-8-14-27(25)35-31(37)23-11-5-2-6-12-23/h1-6,9,11-12,15-16,19,22,25-27,29-30,34H,7-8,10,13-14,17-18H2,(H,35,37)/t22?,25-,26+,27+,29-,30-/m0/s1. The Hall–Kier alpha value is -3.85. The molecule has 6 rings (SSSR count). The van der Waals surface area contributed by atoms with Crippen LogP contribution in [-0.2, 0) is 4.79 Å². The van der Waals surface area contributed by atoms with Crippen LogP contribution < -0.4 is 10.6 Å². The maximum atomic E-state index is 14.3. The van der Waals surface area contributed by atoms with E-state index in [0.29, 0.717) is 29.5 Å². The van der Waals surface area contributed by atoms with E-state index in [2.05, 4.69) is 45.9 Å². The lowest BCUT2D eigenvalue weighted by atomic mass is 9.75. The molecule has 2 aliphatic heterocycles. The number of anilines is 1. The lowest BCUT2D eigenvalue weighted by Crippen LogP contribution is -2.51. The lowest BCUT2D eigenvalue weighted by molar-refractivity contribution is -0.139. The number of amides is 2. The van der Waals surface area contributed by atoms with Gasteiger partial charge in [-0.05, 0) is 55.5 Å². The number of nitriles is 1. The Morgan fingerprint density at radius 2 is 1.87 bits per heavy atom. The van der Waals surface area contributed by atoms with Crippen molar-refractivity contribution in [3.05, 3.63) is 89.5 Å². The topological polar surface area (TPSA) is 85.2 Å². The fourth-order valence-corrected chi connectivity index (χ4v) is 7.08. The SMILES string of the molecule is N#Cc1ccc2c(c1)N[C@@H](C1C=CC=CC1)[C@H]1CCN(C(=O)[C@H]3CCCC[C@H]3NC(=O)c3ccccc3)[C@@H]21. The number of carbonyl (C=O) groups excluding carboxylic acids is 2. The number of likely N-dealkylation sites (tertiary alicyclic amines) is 1. The molecule has 1 saturated carbocycles. The van der Waals surface area contributed by atoms with Gasteiger partial charge in [-0.2, -0.15) is 5.26 Å². The molecule has 2 fully saturated rings. The molecule has 2 aliphatic carbocycles. The van der Waals surface area contributed by atoms with Crippen molar-refractivity contribution in [3.63, 3.8) is 0 Å². The van der Waals surface area contributed by atoms with Crippen molar-refractivity contribution in [1.82, 2.24) is 10.2 Å². The predicted molar refractivity (Wildman–Crippen MR) is 147 cm³/mol. The third-order valence-corrected chi connectivity index (χ3v) is 8.92. The summed E-state index contributed by atoms with van der Waals surface area (Å²) in [5.74, 6) is 0.465. The average Bonchev–Trinajstić information content (AvgIpc) is 3.43. The molecule has 4 aliphatic rings. The Morgan fingerprint density at radius 1 is 1.03 bits per heavy atom. The molecule has 6 nitrogen and oxygen atoms in total. The fraction of sp³-hybridized carbons (Fsp3) is 0.406. The summed E-state index contributed by atoms with van der Waals surface area (Å²) in [6.07, 6.45) is 14.2. The number of hydrogen-bond acceptors (Lipinski definition) is 4. The zero-order chi connectivity index (χ0) is 26.1. The van der Waals surface area contributed by atoms with E-state index in [9.17, 15) is 14.9 Å². The number of nitrogens with zero attached hydrogens (tertiary/aromatic N) is 2. The van der Waals surface area contributed by atoms with Gasteiger partial charge in [-0.1, -0.05) is 61.4 Å². The van der Waals surface area contributed by atoms with Gasteiger partial charge in [-0.15, -0.1) is 0 Å². The van der Waals surface area contributed by atoms with Crippen molar-refractivity contribution in [2.75, 3.05) is 11.9 Å². The van der Waals surface area contributed by atoms with Crippen molar-refractivity contribution >= 4 is 17.5 Å². The van der Waals surface area contributed by atoms with Crippen LogP contribution in [0, 0.1) is 29.1 Å². The van der Waals surface area contributed by atoms with Crippen molar-refractivity contribution in [2.24, 2.45) is 17.8 Å². The monoisotopic (exact) mass is 506 g/mol. The average molecular weight is 507 g/mol. The highest BCUT2D eigenvalue weighted by atomic mass is 16.2. The molecule has 38 heavy (non-hydrogen) atoms. The van der Waals surface area contributed by atoms with Gasteiger partial charge < -0.3 is 15.5 Å². The van der Waals surface area contributed by atoms with E-state index < -0.39 is 0 Å². The minimum Gasteiger partial charge on any atom is -0.381 e. The van der Waals surface area contributed by atoms with E-state index in [-0.39, 0.29) is 35.9 Å². The van der Waals surface area contributed by atoms with Gasteiger partial charge in [0.1, 0.15) is 0 Å². The van der Waals surface area contributed by atoms with E-state index >= 15 is 0 Å². The third-order valence-electron chi connectivity index (χ3n) is 8.92. The van der Waals surface area contributed by atoms with Gasteiger partial charge in [0.25, 0.3) is 5.91 Å². The van der Waals surface area contributed by atoms with Crippen LogP contribution in [0.3, 0.4) is 0 Å². The van der Waals surface area contributed by atoms with Gasteiger partial charge >= 0.3 is 0 Å². The first-order valence-electron chi connectivity index (χ1n) is 13.9. The van der Waals surface area contributed by atoms with Crippen LogP contribution in [0.5, 0.6) is 0 Å². The summed E-state index contributed by atoms with van der Waals surface area (Å²) in [5, 5.41) is 16.5. The first kappa shape index (κ1) is 24.5. The van der Waals surface area contributed by atoms with E-state index in [1.165, 1.54) is 0 Å². The molecule has 0 radical (unpaired) electrons. The molecule has 1 saturated heterocycles. The smallest absolute Gasteiger partial charge is 0.251 e. The summed E-state index contributed by atoms with van der Waals surface area (Å²) < 4.78 is 0. The molecule has 2 aromatic rings. The highest BCUT2D eigenvalue weighted by Crippen LogP contribution is 2.50.